The zero-order valence-electron chi connectivity index (χ0n) is 14.4. The second kappa shape index (κ2) is 7.13. The second-order valence-corrected chi connectivity index (χ2v) is 6.93. The zero-order chi connectivity index (χ0) is 18.0. The number of nitriles is 1. The maximum atomic E-state index is 12.7. The fourth-order valence-electron chi connectivity index (χ4n) is 2.89. The minimum absolute atomic E-state index is 0.303. The molecule has 0 bridgehead atoms. The van der Waals surface area contributed by atoms with Crippen LogP contribution < -0.4 is 14.8 Å². The maximum Gasteiger partial charge on any atom is 0.260 e. The SMILES string of the molecule is COc1ccc(C(=O)Nc2sc3c(c2C#N)CCN(C)C3)c(OC)c1. The van der Waals surface area contributed by atoms with Crippen LogP contribution >= 0.6 is 11.3 Å². The summed E-state index contributed by atoms with van der Waals surface area (Å²) in [7, 11) is 5.11. The highest BCUT2D eigenvalue weighted by atomic mass is 32.1. The minimum Gasteiger partial charge on any atom is -0.497 e. The third-order valence-electron chi connectivity index (χ3n) is 4.24. The van der Waals surface area contributed by atoms with Crippen LogP contribution in [0.4, 0.5) is 5.00 Å². The summed E-state index contributed by atoms with van der Waals surface area (Å²) in [6, 6.07) is 7.27. The van der Waals surface area contributed by atoms with Gasteiger partial charge in [0.15, 0.2) is 0 Å². The molecule has 1 aliphatic rings. The first kappa shape index (κ1) is 17.3. The van der Waals surface area contributed by atoms with Crippen molar-refractivity contribution >= 4 is 22.2 Å². The number of hydrogen-bond donors (Lipinski definition) is 1. The van der Waals surface area contributed by atoms with Crippen LogP contribution in [0.5, 0.6) is 11.5 Å². The molecule has 3 rings (SSSR count). The van der Waals surface area contributed by atoms with E-state index < -0.39 is 0 Å². The van der Waals surface area contributed by atoms with Gasteiger partial charge in [-0.2, -0.15) is 5.26 Å². The molecule has 1 N–H and O–H groups in total. The molecule has 0 atom stereocenters. The zero-order valence-corrected chi connectivity index (χ0v) is 15.2. The van der Waals surface area contributed by atoms with Crippen molar-refractivity contribution in [2.24, 2.45) is 0 Å². The number of thiophene rings is 1. The number of rotatable bonds is 4. The monoisotopic (exact) mass is 357 g/mol. The molecule has 130 valence electrons. The third-order valence-corrected chi connectivity index (χ3v) is 5.37. The molecule has 1 aromatic heterocycles. The Morgan fingerprint density at radius 2 is 2.16 bits per heavy atom. The van der Waals surface area contributed by atoms with Gasteiger partial charge < -0.3 is 19.7 Å². The summed E-state index contributed by atoms with van der Waals surface area (Å²) < 4.78 is 10.4. The van der Waals surface area contributed by atoms with Crippen molar-refractivity contribution in [3.05, 3.63) is 39.8 Å². The molecule has 0 saturated heterocycles. The number of methoxy groups -OCH3 is 2. The molecule has 1 amide bonds. The van der Waals surface area contributed by atoms with Gasteiger partial charge in [-0.05, 0) is 31.2 Å². The van der Waals surface area contributed by atoms with Crippen molar-refractivity contribution in [1.29, 1.82) is 5.26 Å². The molecule has 25 heavy (non-hydrogen) atoms. The highest BCUT2D eigenvalue weighted by Gasteiger charge is 2.24. The van der Waals surface area contributed by atoms with Crippen molar-refractivity contribution in [3.63, 3.8) is 0 Å². The van der Waals surface area contributed by atoms with Gasteiger partial charge in [0.2, 0.25) is 0 Å². The summed E-state index contributed by atoms with van der Waals surface area (Å²) in [5.74, 6) is 0.736. The molecule has 0 aliphatic carbocycles. The lowest BCUT2D eigenvalue weighted by Gasteiger charge is -2.21. The quantitative estimate of drug-likeness (QED) is 0.911. The van der Waals surface area contributed by atoms with E-state index in [1.165, 1.54) is 18.4 Å². The van der Waals surface area contributed by atoms with Crippen molar-refractivity contribution in [2.45, 2.75) is 13.0 Å². The molecule has 0 fully saturated rings. The van der Waals surface area contributed by atoms with Gasteiger partial charge in [-0.1, -0.05) is 0 Å². The van der Waals surface area contributed by atoms with E-state index in [0.29, 0.717) is 27.6 Å². The number of hydrogen-bond acceptors (Lipinski definition) is 6. The predicted molar refractivity (Wildman–Crippen MR) is 96.6 cm³/mol. The number of nitrogens with one attached hydrogen (secondary N) is 1. The summed E-state index contributed by atoms with van der Waals surface area (Å²) in [6.07, 6.45) is 0.826. The van der Waals surface area contributed by atoms with Crippen LogP contribution in [0.25, 0.3) is 0 Å². The van der Waals surface area contributed by atoms with Crippen LogP contribution in [0.1, 0.15) is 26.4 Å². The Bertz CT molecular complexity index is 854. The Morgan fingerprint density at radius 3 is 2.84 bits per heavy atom. The lowest BCUT2D eigenvalue weighted by atomic mass is 10.0. The number of fused-ring (bicyclic) bond motifs is 1. The van der Waals surface area contributed by atoms with Crippen molar-refractivity contribution in [3.8, 4) is 17.6 Å². The predicted octanol–water partition coefficient (Wildman–Crippen LogP) is 2.88. The standard InChI is InChI=1S/C18H19N3O3S/c1-21-7-6-12-14(9-19)18(25-16(12)10-21)20-17(22)13-5-4-11(23-2)8-15(13)24-3/h4-5,8H,6-7,10H2,1-3H3,(H,20,22). The van der Waals surface area contributed by atoms with E-state index in [1.807, 2.05) is 0 Å². The molecular weight excluding hydrogens is 338 g/mol. The van der Waals surface area contributed by atoms with E-state index in [-0.39, 0.29) is 5.91 Å². The van der Waals surface area contributed by atoms with Gasteiger partial charge in [0.25, 0.3) is 5.91 Å². The third kappa shape index (κ3) is 3.31. The average Bonchev–Trinajstić information content (AvgIpc) is 2.96. The summed E-state index contributed by atoms with van der Waals surface area (Å²) >= 11 is 1.47. The first-order chi connectivity index (χ1) is 12.1. The smallest absolute Gasteiger partial charge is 0.260 e. The molecule has 0 saturated carbocycles. The van der Waals surface area contributed by atoms with Crippen LogP contribution in [0.2, 0.25) is 0 Å². The maximum absolute atomic E-state index is 12.7. The van der Waals surface area contributed by atoms with Crippen molar-refractivity contribution in [2.75, 3.05) is 33.1 Å². The topological polar surface area (TPSA) is 74.6 Å². The largest absolute Gasteiger partial charge is 0.497 e. The van der Waals surface area contributed by atoms with Gasteiger partial charge in [-0.15, -0.1) is 11.3 Å². The van der Waals surface area contributed by atoms with Crippen molar-refractivity contribution in [1.82, 2.24) is 4.90 Å². The van der Waals surface area contributed by atoms with E-state index in [4.69, 9.17) is 9.47 Å². The Hall–Kier alpha value is -2.56. The first-order valence-corrected chi connectivity index (χ1v) is 8.65. The molecule has 0 radical (unpaired) electrons. The summed E-state index contributed by atoms with van der Waals surface area (Å²) in [5.41, 5.74) is 2.03. The Labute approximate surface area is 150 Å². The fraction of sp³-hybridized carbons (Fsp3) is 0.333. The van der Waals surface area contributed by atoms with E-state index in [2.05, 4.69) is 23.3 Å². The highest BCUT2D eigenvalue weighted by Crippen LogP contribution is 2.37. The van der Waals surface area contributed by atoms with Gasteiger partial charge >= 0.3 is 0 Å². The van der Waals surface area contributed by atoms with Gasteiger partial charge in [-0.3, -0.25) is 4.79 Å². The Kier molecular flexibility index (Phi) is 4.93. The highest BCUT2D eigenvalue weighted by molar-refractivity contribution is 7.16. The minimum atomic E-state index is -0.303. The number of anilines is 1. The molecule has 1 aliphatic heterocycles. The molecular formula is C18H19N3O3S. The first-order valence-electron chi connectivity index (χ1n) is 7.84. The van der Waals surface area contributed by atoms with E-state index in [9.17, 15) is 10.1 Å². The summed E-state index contributed by atoms with van der Waals surface area (Å²) in [6.45, 7) is 1.72. The van der Waals surface area contributed by atoms with Gasteiger partial charge in [-0.25, -0.2) is 0 Å². The number of ether oxygens (including phenoxy) is 2. The molecule has 0 spiro atoms. The second-order valence-electron chi connectivity index (χ2n) is 5.83. The molecule has 0 unspecified atom stereocenters. The van der Waals surface area contributed by atoms with Crippen molar-refractivity contribution < 1.29 is 14.3 Å². The number of likely N-dealkylation sites (N-methyl/N-ethyl adjacent to an activating group) is 1. The number of carbonyl (C=O) groups excluding carboxylic acids is 1. The lowest BCUT2D eigenvalue weighted by Crippen LogP contribution is -2.25. The van der Waals surface area contributed by atoms with Gasteiger partial charge in [0.1, 0.15) is 22.6 Å². The fourth-order valence-corrected chi connectivity index (χ4v) is 4.17. The van der Waals surface area contributed by atoms with Crippen LogP contribution in [-0.4, -0.2) is 38.6 Å². The molecule has 1 aromatic carbocycles. The number of benzene rings is 1. The summed E-state index contributed by atoms with van der Waals surface area (Å²) in [4.78, 5) is 16.0. The van der Waals surface area contributed by atoms with Crippen LogP contribution in [0.3, 0.4) is 0 Å². The van der Waals surface area contributed by atoms with E-state index >= 15 is 0 Å². The average molecular weight is 357 g/mol. The molecule has 2 heterocycles. The molecule has 6 nitrogen and oxygen atoms in total. The summed E-state index contributed by atoms with van der Waals surface area (Å²) in [5, 5.41) is 13.0. The molecule has 2 aromatic rings. The van der Waals surface area contributed by atoms with E-state index in [0.717, 1.165) is 30.0 Å². The normalized spacial score (nSPS) is 13.7. The van der Waals surface area contributed by atoms with Gasteiger partial charge in [0, 0.05) is 24.0 Å². The Balaban J connectivity index is 1.91. The lowest BCUT2D eigenvalue weighted by molar-refractivity contribution is 0.102. The van der Waals surface area contributed by atoms with Crippen LogP contribution in [0, 0.1) is 11.3 Å². The van der Waals surface area contributed by atoms with Crippen LogP contribution in [0.15, 0.2) is 18.2 Å². The van der Waals surface area contributed by atoms with Gasteiger partial charge in [0.05, 0.1) is 25.3 Å². The van der Waals surface area contributed by atoms with Crippen LogP contribution in [-0.2, 0) is 13.0 Å². The van der Waals surface area contributed by atoms with E-state index in [1.54, 1.807) is 25.3 Å². The number of nitrogens with zero attached hydrogens (tertiary/aromatic N) is 2. The number of carbonyl (C=O) groups is 1. The molecule has 7 heteroatoms. The number of amides is 1. The Morgan fingerprint density at radius 1 is 1.36 bits per heavy atom.